The highest BCUT2D eigenvalue weighted by Crippen LogP contribution is 2.36. The Morgan fingerprint density at radius 1 is 1.18 bits per heavy atom. The van der Waals surface area contributed by atoms with Crippen LogP contribution in [-0.4, -0.2) is 29.4 Å². The minimum Gasteiger partial charge on any atom is -0.354 e. The van der Waals surface area contributed by atoms with E-state index in [-0.39, 0.29) is 18.2 Å². The van der Waals surface area contributed by atoms with Gasteiger partial charge in [0, 0.05) is 17.0 Å². The molecule has 1 aromatic carbocycles. The molecule has 0 saturated carbocycles. The van der Waals surface area contributed by atoms with Crippen LogP contribution in [0.4, 0.5) is 0 Å². The van der Waals surface area contributed by atoms with E-state index >= 15 is 0 Å². The predicted molar refractivity (Wildman–Crippen MR) is 113 cm³/mol. The molecule has 1 atom stereocenters. The van der Waals surface area contributed by atoms with Crippen molar-refractivity contribution in [1.82, 2.24) is 15.6 Å². The lowest BCUT2D eigenvalue weighted by molar-refractivity contribution is -0.128. The van der Waals surface area contributed by atoms with Crippen LogP contribution in [0.5, 0.6) is 0 Å². The maximum atomic E-state index is 12.7. The van der Waals surface area contributed by atoms with Gasteiger partial charge in [-0.05, 0) is 30.7 Å². The summed E-state index contributed by atoms with van der Waals surface area (Å²) in [5.74, 6) is -0.221. The summed E-state index contributed by atoms with van der Waals surface area (Å²) in [6.45, 7) is 0.684. The van der Waals surface area contributed by atoms with Gasteiger partial charge in [-0.25, -0.2) is 4.98 Å². The third-order valence-corrected chi connectivity index (χ3v) is 6.65. The summed E-state index contributed by atoms with van der Waals surface area (Å²) in [6.07, 6.45) is 2.80. The van der Waals surface area contributed by atoms with Gasteiger partial charge in [0.2, 0.25) is 11.8 Å². The summed E-state index contributed by atoms with van der Waals surface area (Å²) in [5, 5.41) is 8.68. The third kappa shape index (κ3) is 4.31. The van der Waals surface area contributed by atoms with Gasteiger partial charge in [0.05, 0.1) is 17.0 Å². The van der Waals surface area contributed by atoms with Gasteiger partial charge < -0.3 is 10.6 Å². The lowest BCUT2D eigenvalue weighted by atomic mass is 10.1. The fraction of sp³-hybridized carbons (Fsp3) is 0.286. The van der Waals surface area contributed by atoms with Gasteiger partial charge in [-0.1, -0.05) is 36.4 Å². The Hall–Kier alpha value is -2.51. The van der Waals surface area contributed by atoms with Crippen LogP contribution in [0.3, 0.4) is 0 Å². The second-order valence-electron chi connectivity index (χ2n) is 6.72. The molecule has 7 heteroatoms. The van der Waals surface area contributed by atoms with Gasteiger partial charge in [-0.2, -0.15) is 0 Å². The fourth-order valence-corrected chi connectivity index (χ4v) is 5.14. The first-order valence-corrected chi connectivity index (χ1v) is 11.1. The number of rotatable bonds is 5. The van der Waals surface area contributed by atoms with E-state index in [4.69, 9.17) is 4.98 Å². The van der Waals surface area contributed by atoms with E-state index in [1.54, 1.807) is 22.7 Å². The number of nitrogens with one attached hydrogen (secondary N) is 2. The van der Waals surface area contributed by atoms with Crippen molar-refractivity contribution >= 4 is 34.5 Å². The molecule has 0 unspecified atom stereocenters. The van der Waals surface area contributed by atoms with Crippen LogP contribution < -0.4 is 10.6 Å². The molecule has 0 radical (unpaired) electrons. The molecule has 1 fully saturated rings. The van der Waals surface area contributed by atoms with Crippen LogP contribution in [0.15, 0.2) is 47.8 Å². The number of amides is 2. The number of benzene rings is 1. The molecule has 5 nitrogen and oxygen atoms in total. The van der Waals surface area contributed by atoms with E-state index in [9.17, 15) is 9.59 Å². The smallest absolute Gasteiger partial charge is 0.242 e. The minimum atomic E-state index is -0.443. The average Bonchev–Trinajstić information content (AvgIpc) is 3.33. The molecule has 0 aliphatic carbocycles. The van der Waals surface area contributed by atoms with Crippen molar-refractivity contribution in [2.75, 3.05) is 6.54 Å². The molecule has 1 aliphatic rings. The van der Waals surface area contributed by atoms with Crippen molar-refractivity contribution in [2.24, 2.45) is 0 Å². The average molecular weight is 412 g/mol. The number of carbonyl (C=O) groups excluding carboxylic acids is 2. The molecular formula is C21H21N3O2S2. The Balaban J connectivity index is 1.57. The van der Waals surface area contributed by atoms with Gasteiger partial charge in [0.1, 0.15) is 11.0 Å². The molecular weight excluding hydrogens is 390 g/mol. The Kier molecular flexibility index (Phi) is 5.83. The zero-order valence-electron chi connectivity index (χ0n) is 15.3. The van der Waals surface area contributed by atoms with E-state index in [1.165, 1.54) is 0 Å². The second kappa shape index (κ2) is 8.67. The largest absolute Gasteiger partial charge is 0.354 e. The SMILES string of the molecule is O=C(Cc1sc(-c2ccccc2)nc1-c1cccs1)N[C@H]1CCCCNC1=O. The first kappa shape index (κ1) is 18.8. The number of thiazole rings is 1. The van der Waals surface area contributed by atoms with Gasteiger partial charge in [-0.15, -0.1) is 22.7 Å². The lowest BCUT2D eigenvalue weighted by Gasteiger charge is -2.15. The van der Waals surface area contributed by atoms with E-state index in [1.807, 2.05) is 47.8 Å². The number of hydrogen-bond acceptors (Lipinski definition) is 5. The first-order chi connectivity index (χ1) is 13.7. The van der Waals surface area contributed by atoms with Crippen LogP contribution in [0, 0.1) is 0 Å². The van der Waals surface area contributed by atoms with Crippen molar-refractivity contribution in [3.8, 4) is 21.1 Å². The predicted octanol–water partition coefficient (Wildman–Crippen LogP) is 3.87. The fourth-order valence-electron chi connectivity index (χ4n) is 3.25. The first-order valence-electron chi connectivity index (χ1n) is 9.37. The summed E-state index contributed by atoms with van der Waals surface area (Å²) in [7, 11) is 0. The maximum Gasteiger partial charge on any atom is 0.242 e. The van der Waals surface area contributed by atoms with E-state index in [0.717, 1.165) is 38.9 Å². The highest BCUT2D eigenvalue weighted by molar-refractivity contribution is 7.17. The topological polar surface area (TPSA) is 71.1 Å². The van der Waals surface area contributed by atoms with Crippen molar-refractivity contribution in [3.05, 3.63) is 52.7 Å². The van der Waals surface area contributed by atoms with E-state index in [2.05, 4.69) is 10.6 Å². The molecule has 3 heterocycles. The molecule has 28 heavy (non-hydrogen) atoms. The van der Waals surface area contributed by atoms with Crippen molar-refractivity contribution in [1.29, 1.82) is 0 Å². The number of carbonyl (C=O) groups is 2. The molecule has 1 saturated heterocycles. The standard InChI is InChI=1S/C21H21N3O2S2/c25-18(23-15-9-4-5-11-22-20(15)26)13-17-19(16-10-6-12-27-16)24-21(28-17)14-7-2-1-3-8-14/h1-3,6-8,10,12,15H,4-5,9,11,13H2,(H,22,26)(H,23,25)/t15-/m0/s1. The van der Waals surface area contributed by atoms with Gasteiger partial charge in [0.25, 0.3) is 0 Å². The summed E-state index contributed by atoms with van der Waals surface area (Å²) in [5.41, 5.74) is 1.90. The summed E-state index contributed by atoms with van der Waals surface area (Å²) >= 11 is 3.15. The number of aromatic nitrogens is 1. The molecule has 2 amide bonds. The highest BCUT2D eigenvalue weighted by atomic mass is 32.1. The minimum absolute atomic E-state index is 0.0846. The van der Waals surface area contributed by atoms with Crippen LogP contribution in [0.1, 0.15) is 24.1 Å². The molecule has 2 aromatic heterocycles. The Bertz CT molecular complexity index is 951. The molecule has 1 aliphatic heterocycles. The normalized spacial score (nSPS) is 17.0. The van der Waals surface area contributed by atoms with Crippen molar-refractivity contribution in [2.45, 2.75) is 31.7 Å². The third-order valence-electron chi connectivity index (χ3n) is 4.66. The second-order valence-corrected chi connectivity index (χ2v) is 8.75. The van der Waals surface area contributed by atoms with Gasteiger partial charge >= 0.3 is 0 Å². The van der Waals surface area contributed by atoms with Crippen LogP contribution in [0.2, 0.25) is 0 Å². The van der Waals surface area contributed by atoms with Crippen LogP contribution in [0.25, 0.3) is 21.1 Å². The Morgan fingerprint density at radius 2 is 2.04 bits per heavy atom. The van der Waals surface area contributed by atoms with Gasteiger partial charge in [0.15, 0.2) is 0 Å². The summed E-state index contributed by atoms with van der Waals surface area (Å²) in [4.78, 5) is 31.6. The zero-order valence-corrected chi connectivity index (χ0v) is 16.9. The van der Waals surface area contributed by atoms with Crippen molar-refractivity contribution in [3.63, 3.8) is 0 Å². The number of hydrogen-bond donors (Lipinski definition) is 2. The lowest BCUT2D eigenvalue weighted by Crippen LogP contribution is -2.45. The van der Waals surface area contributed by atoms with E-state index < -0.39 is 6.04 Å². The van der Waals surface area contributed by atoms with Crippen LogP contribution >= 0.6 is 22.7 Å². The van der Waals surface area contributed by atoms with Crippen molar-refractivity contribution < 1.29 is 9.59 Å². The van der Waals surface area contributed by atoms with Crippen LogP contribution in [-0.2, 0) is 16.0 Å². The summed E-state index contributed by atoms with van der Waals surface area (Å²) < 4.78 is 0. The molecule has 4 rings (SSSR count). The number of nitrogens with zero attached hydrogens (tertiary/aromatic N) is 1. The molecule has 3 aromatic rings. The van der Waals surface area contributed by atoms with E-state index in [0.29, 0.717) is 13.0 Å². The monoisotopic (exact) mass is 411 g/mol. The maximum absolute atomic E-state index is 12.7. The highest BCUT2D eigenvalue weighted by Gasteiger charge is 2.24. The molecule has 0 spiro atoms. The Labute approximate surface area is 171 Å². The Morgan fingerprint density at radius 3 is 2.82 bits per heavy atom. The zero-order chi connectivity index (χ0) is 19.3. The molecule has 2 N–H and O–H groups in total. The molecule has 144 valence electrons. The quantitative estimate of drug-likeness (QED) is 0.670. The van der Waals surface area contributed by atoms with Gasteiger partial charge in [-0.3, -0.25) is 9.59 Å². The summed E-state index contributed by atoms with van der Waals surface area (Å²) in [6, 6.07) is 13.6. The number of thiophene rings is 1. The molecule has 0 bridgehead atoms.